The molecule has 6 heavy (non-hydrogen) atoms. The van der Waals surface area contributed by atoms with Crippen LogP contribution in [0.5, 0.6) is 0 Å². The van der Waals surface area contributed by atoms with E-state index in [0.29, 0.717) is 12.5 Å². The van der Waals surface area contributed by atoms with Crippen LogP contribution in [0.15, 0.2) is 0 Å². The number of alkyl halides is 1. The average Bonchev–Trinajstić information content (AvgIpc) is 1.61. The first-order valence-corrected chi connectivity index (χ1v) is 2.33. The van der Waals surface area contributed by atoms with Crippen molar-refractivity contribution >= 4 is 11.6 Å². The summed E-state index contributed by atoms with van der Waals surface area (Å²) in [5, 5.41) is 0. The lowest BCUT2D eigenvalue weighted by atomic mass is 10.5. The van der Waals surface area contributed by atoms with Crippen LogP contribution < -0.4 is 0 Å². The van der Waals surface area contributed by atoms with E-state index in [2.05, 4.69) is 11.8 Å². The Balaban J connectivity index is 2.34. The molecule has 0 aromatic rings. The van der Waals surface area contributed by atoms with Crippen LogP contribution in [-0.2, 0) is 4.74 Å². The molecule has 0 heterocycles. The monoisotopic (exact) mass is 106 g/mol. The normalized spacial score (nSPS) is 9.00. The first-order valence-electron chi connectivity index (χ1n) is 1.79. The maximum absolute atomic E-state index is 5.24. The highest BCUT2D eigenvalue weighted by atomic mass is 35.5. The predicted molar refractivity (Wildman–Crippen MR) is 25.6 cm³/mol. The number of hydrogen-bond acceptors (Lipinski definition) is 1. The topological polar surface area (TPSA) is 9.23 Å². The molecule has 0 N–H and O–H groups in total. The van der Waals surface area contributed by atoms with Crippen LogP contribution >= 0.6 is 11.6 Å². The van der Waals surface area contributed by atoms with E-state index in [9.17, 15) is 0 Å². The van der Waals surface area contributed by atoms with Gasteiger partial charge in [0.05, 0.1) is 0 Å². The SMILES string of the molecule is [CH]OCCCCl. The second-order valence-electron chi connectivity index (χ2n) is 0.913. The van der Waals surface area contributed by atoms with Crippen molar-refractivity contribution < 1.29 is 4.74 Å². The van der Waals surface area contributed by atoms with E-state index in [1.54, 1.807) is 0 Å². The molecular formula is C4H7ClO. The first kappa shape index (κ1) is 6.25. The molecule has 0 amide bonds. The van der Waals surface area contributed by atoms with E-state index in [4.69, 9.17) is 11.6 Å². The molecule has 0 spiro atoms. The molecule has 2 radical (unpaired) electrons. The number of halogens is 1. The van der Waals surface area contributed by atoms with Gasteiger partial charge in [0.1, 0.15) is 7.11 Å². The molecule has 36 valence electrons. The zero-order valence-electron chi connectivity index (χ0n) is 3.48. The molecule has 0 aliphatic rings. The Morgan fingerprint density at radius 1 is 1.67 bits per heavy atom. The van der Waals surface area contributed by atoms with Gasteiger partial charge in [-0.15, -0.1) is 11.6 Å². The molecule has 0 saturated carbocycles. The van der Waals surface area contributed by atoms with Gasteiger partial charge in [-0.25, -0.2) is 0 Å². The minimum atomic E-state index is 0.559. The van der Waals surface area contributed by atoms with Crippen LogP contribution in [0.4, 0.5) is 0 Å². The van der Waals surface area contributed by atoms with Gasteiger partial charge in [-0.3, -0.25) is 0 Å². The maximum Gasteiger partial charge on any atom is 0.115 e. The molecule has 0 aliphatic heterocycles. The van der Waals surface area contributed by atoms with E-state index >= 15 is 0 Å². The zero-order valence-corrected chi connectivity index (χ0v) is 4.24. The van der Waals surface area contributed by atoms with Gasteiger partial charge in [-0.1, -0.05) is 0 Å². The maximum atomic E-state index is 5.24. The van der Waals surface area contributed by atoms with Crippen LogP contribution in [0, 0.1) is 7.11 Å². The summed E-state index contributed by atoms with van der Waals surface area (Å²) in [5.74, 6) is 0.622. The Labute approximate surface area is 43.3 Å². The summed E-state index contributed by atoms with van der Waals surface area (Å²) in [7, 11) is 4.66. The summed E-state index contributed by atoms with van der Waals surface area (Å²) in [6.45, 7) is 0.559. The Kier molecular flexibility index (Phi) is 5.47. The fourth-order valence-corrected chi connectivity index (χ4v) is 0.247. The Morgan fingerprint density at radius 2 is 2.33 bits per heavy atom. The van der Waals surface area contributed by atoms with Gasteiger partial charge in [-0.05, 0) is 6.42 Å². The van der Waals surface area contributed by atoms with Gasteiger partial charge in [0.2, 0.25) is 0 Å². The lowest BCUT2D eigenvalue weighted by molar-refractivity contribution is 0.243. The summed E-state index contributed by atoms with van der Waals surface area (Å²) < 4.78 is 4.20. The third-order valence-electron chi connectivity index (χ3n) is 0.396. The lowest BCUT2D eigenvalue weighted by Gasteiger charge is -1.87. The highest BCUT2D eigenvalue weighted by molar-refractivity contribution is 6.17. The molecular weight excluding hydrogens is 99.5 g/mol. The van der Waals surface area contributed by atoms with E-state index in [1.807, 2.05) is 0 Å². The molecule has 0 aliphatic carbocycles. The Hall–Kier alpha value is 0.250. The fraction of sp³-hybridized carbons (Fsp3) is 0.750. The van der Waals surface area contributed by atoms with Crippen LogP contribution in [0.3, 0.4) is 0 Å². The minimum Gasteiger partial charge on any atom is -0.373 e. The molecule has 0 aromatic heterocycles. The largest absolute Gasteiger partial charge is 0.373 e. The van der Waals surface area contributed by atoms with Crippen molar-refractivity contribution in [3.63, 3.8) is 0 Å². The number of hydrogen-bond donors (Lipinski definition) is 0. The molecule has 0 unspecified atom stereocenters. The molecule has 0 atom stereocenters. The lowest BCUT2D eigenvalue weighted by Crippen LogP contribution is -1.84. The molecule has 0 fully saturated rings. The Morgan fingerprint density at radius 3 is 2.50 bits per heavy atom. The van der Waals surface area contributed by atoms with Crippen molar-refractivity contribution in [2.75, 3.05) is 12.5 Å². The van der Waals surface area contributed by atoms with Gasteiger partial charge in [0, 0.05) is 12.5 Å². The van der Waals surface area contributed by atoms with E-state index in [0.717, 1.165) is 6.42 Å². The van der Waals surface area contributed by atoms with Crippen molar-refractivity contribution in [1.82, 2.24) is 0 Å². The number of ether oxygens (including phenoxy) is 1. The molecule has 0 saturated heterocycles. The summed E-state index contributed by atoms with van der Waals surface area (Å²) >= 11 is 5.24. The van der Waals surface area contributed by atoms with Crippen molar-refractivity contribution in [2.45, 2.75) is 6.42 Å². The smallest absolute Gasteiger partial charge is 0.115 e. The van der Waals surface area contributed by atoms with Crippen molar-refractivity contribution in [3.05, 3.63) is 7.11 Å². The standard InChI is InChI=1S/C4H7ClO/c1-6-4-2-3-5/h1H,2-4H2. The van der Waals surface area contributed by atoms with Gasteiger partial charge in [-0.2, -0.15) is 0 Å². The minimum absolute atomic E-state index is 0.559. The fourth-order valence-electron chi connectivity index (χ4n) is 0.138. The van der Waals surface area contributed by atoms with Gasteiger partial charge in [0.25, 0.3) is 0 Å². The third kappa shape index (κ3) is 4.25. The van der Waals surface area contributed by atoms with E-state index < -0.39 is 0 Å². The second kappa shape index (κ2) is 5.25. The third-order valence-corrected chi connectivity index (χ3v) is 0.663. The summed E-state index contributed by atoms with van der Waals surface area (Å²) in [4.78, 5) is 0. The average molecular weight is 107 g/mol. The molecule has 0 aromatic carbocycles. The molecule has 0 bridgehead atoms. The van der Waals surface area contributed by atoms with Gasteiger partial charge >= 0.3 is 0 Å². The first-order chi connectivity index (χ1) is 2.91. The number of rotatable bonds is 3. The highest BCUT2D eigenvalue weighted by Gasteiger charge is 1.76. The quantitative estimate of drug-likeness (QED) is 0.389. The highest BCUT2D eigenvalue weighted by Crippen LogP contribution is 1.82. The van der Waals surface area contributed by atoms with Crippen molar-refractivity contribution in [1.29, 1.82) is 0 Å². The summed E-state index contributed by atoms with van der Waals surface area (Å²) in [5.41, 5.74) is 0. The van der Waals surface area contributed by atoms with E-state index in [-0.39, 0.29) is 0 Å². The van der Waals surface area contributed by atoms with E-state index in [1.165, 1.54) is 0 Å². The van der Waals surface area contributed by atoms with Crippen molar-refractivity contribution in [2.24, 2.45) is 0 Å². The predicted octanol–water partition coefficient (Wildman–Crippen LogP) is 1.30. The van der Waals surface area contributed by atoms with Gasteiger partial charge in [0.15, 0.2) is 0 Å². The van der Waals surface area contributed by atoms with Crippen LogP contribution in [0.2, 0.25) is 0 Å². The molecule has 2 heteroatoms. The van der Waals surface area contributed by atoms with Crippen LogP contribution in [0.1, 0.15) is 6.42 Å². The second-order valence-corrected chi connectivity index (χ2v) is 1.29. The van der Waals surface area contributed by atoms with Gasteiger partial charge < -0.3 is 4.74 Å². The summed E-state index contributed by atoms with van der Waals surface area (Å²) in [6, 6.07) is 0. The van der Waals surface area contributed by atoms with Crippen molar-refractivity contribution in [3.8, 4) is 0 Å². The molecule has 0 rings (SSSR count). The zero-order chi connectivity index (χ0) is 4.83. The van der Waals surface area contributed by atoms with Crippen LogP contribution in [0.25, 0.3) is 0 Å². The molecule has 1 nitrogen and oxygen atoms in total. The van der Waals surface area contributed by atoms with Crippen LogP contribution in [-0.4, -0.2) is 12.5 Å². The summed E-state index contributed by atoms with van der Waals surface area (Å²) in [6.07, 6.45) is 0.831. The Bertz CT molecular complexity index is 19.5.